The monoisotopic (exact) mass is 225 g/mol. The van der Waals surface area contributed by atoms with Gasteiger partial charge in [0.1, 0.15) is 6.33 Å². The fourth-order valence-electron chi connectivity index (χ4n) is 1.81. The summed E-state index contributed by atoms with van der Waals surface area (Å²) < 4.78 is 0. The van der Waals surface area contributed by atoms with Crippen LogP contribution >= 0.6 is 0 Å². The van der Waals surface area contributed by atoms with E-state index in [0.29, 0.717) is 0 Å². The van der Waals surface area contributed by atoms with Gasteiger partial charge in [-0.05, 0) is 25.0 Å². The van der Waals surface area contributed by atoms with Gasteiger partial charge in [-0.1, -0.05) is 6.07 Å². The number of pyridine rings is 1. The fraction of sp³-hybridized carbons (Fsp3) is 0.167. The van der Waals surface area contributed by atoms with E-state index in [4.69, 9.17) is 0 Å². The molecule has 3 aromatic rings. The lowest BCUT2D eigenvalue weighted by Crippen LogP contribution is -1.97. The first kappa shape index (κ1) is 9.89. The van der Waals surface area contributed by atoms with Gasteiger partial charge in [-0.15, -0.1) is 0 Å². The molecule has 0 aliphatic heterocycles. The highest BCUT2D eigenvalue weighted by molar-refractivity contribution is 5.75. The van der Waals surface area contributed by atoms with Crippen molar-refractivity contribution in [1.82, 2.24) is 25.1 Å². The van der Waals surface area contributed by atoms with Crippen LogP contribution in [0.1, 0.15) is 11.4 Å². The minimum atomic E-state index is 0.788. The largest absolute Gasteiger partial charge is 0.261 e. The van der Waals surface area contributed by atoms with E-state index in [1.807, 2.05) is 24.4 Å². The number of aromatic nitrogens is 5. The topological polar surface area (TPSA) is 67.3 Å². The number of aromatic amines is 1. The van der Waals surface area contributed by atoms with Gasteiger partial charge in [-0.2, -0.15) is 5.10 Å². The van der Waals surface area contributed by atoms with Crippen molar-refractivity contribution < 1.29 is 0 Å². The van der Waals surface area contributed by atoms with Crippen molar-refractivity contribution >= 4 is 11.0 Å². The Morgan fingerprint density at radius 3 is 2.94 bits per heavy atom. The summed E-state index contributed by atoms with van der Waals surface area (Å²) in [6.45, 7) is 0. The van der Waals surface area contributed by atoms with Crippen molar-refractivity contribution in [2.45, 2.75) is 12.8 Å². The molecule has 0 aliphatic carbocycles. The number of aryl methyl sites for hydroxylation is 2. The van der Waals surface area contributed by atoms with E-state index in [1.54, 1.807) is 12.5 Å². The molecule has 0 radical (unpaired) electrons. The van der Waals surface area contributed by atoms with Crippen LogP contribution in [-0.4, -0.2) is 25.1 Å². The summed E-state index contributed by atoms with van der Waals surface area (Å²) in [5, 5.41) is 7.80. The maximum Gasteiger partial charge on any atom is 0.158 e. The molecular formula is C12H11N5. The third kappa shape index (κ3) is 1.99. The molecule has 0 aliphatic rings. The van der Waals surface area contributed by atoms with Crippen molar-refractivity contribution in [3.05, 3.63) is 48.3 Å². The van der Waals surface area contributed by atoms with Gasteiger partial charge in [-0.3, -0.25) is 10.1 Å². The first-order valence-corrected chi connectivity index (χ1v) is 5.46. The number of rotatable bonds is 3. The molecule has 5 heteroatoms. The quantitative estimate of drug-likeness (QED) is 0.734. The van der Waals surface area contributed by atoms with Gasteiger partial charge in [0.15, 0.2) is 5.65 Å². The highest BCUT2D eigenvalue weighted by Crippen LogP contribution is 2.13. The summed E-state index contributed by atoms with van der Waals surface area (Å²) in [5.41, 5.74) is 2.87. The average molecular weight is 225 g/mol. The lowest BCUT2D eigenvalue weighted by atomic mass is 10.1. The Balaban J connectivity index is 1.84. The lowest BCUT2D eigenvalue weighted by Gasteiger charge is -2.01. The molecule has 0 aromatic carbocycles. The molecule has 3 aromatic heterocycles. The van der Waals surface area contributed by atoms with E-state index in [1.165, 1.54) is 0 Å². The first-order chi connectivity index (χ1) is 8.43. The number of hydrogen-bond donors (Lipinski definition) is 1. The molecule has 5 nitrogen and oxygen atoms in total. The van der Waals surface area contributed by atoms with Crippen LogP contribution in [0.2, 0.25) is 0 Å². The number of hydrogen-bond acceptors (Lipinski definition) is 4. The van der Waals surface area contributed by atoms with Crippen molar-refractivity contribution in [1.29, 1.82) is 0 Å². The molecular weight excluding hydrogens is 214 g/mol. The Kier molecular flexibility index (Phi) is 2.50. The molecule has 0 saturated heterocycles. The average Bonchev–Trinajstić information content (AvgIpc) is 2.86. The first-order valence-electron chi connectivity index (χ1n) is 5.46. The van der Waals surface area contributed by atoms with E-state index in [0.717, 1.165) is 35.3 Å². The highest BCUT2D eigenvalue weighted by Gasteiger charge is 2.05. The van der Waals surface area contributed by atoms with Crippen LogP contribution in [0.3, 0.4) is 0 Å². The number of nitrogens with one attached hydrogen (secondary N) is 1. The second kappa shape index (κ2) is 4.29. The standard InChI is InChI=1S/C12H11N5/c1-2-6-13-9(3-1)4-5-11-10-7-16-17-12(10)15-8-14-11/h1-3,6-8H,4-5H2,(H,14,15,16,17). The van der Waals surface area contributed by atoms with E-state index in [-0.39, 0.29) is 0 Å². The van der Waals surface area contributed by atoms with Gasteiger partial charge >= 0.3 is 0 Å². The fourth-order valence-corrected chi connectivity index (χ4v) is 1.81. The van der Waals surface area contributed by atoms with Crippen LogP contribution < -0.4 is 0 Å². The summed E-state index contributed by atoms with van der Waals surface area (Å²) in [5.74, 6) is 0. The molecule has 1 N–H and O–H groups in total. The number of fused-ring (bicyclic) bond motifs is 1. The normalized spacial score (nSPS) is 10.8. The molecule has 0 atom stereocenters. The minimum Gasteiger partial charge on any atom is -0.261 e. The zero-order valence-electron chi connectivity index (χ0n) is 9.17. The maximum atomic E-state index is 4.30. The van der Waals surface area contributed by atoms with Crippen molar-refractivity contribution in [3.8, 4) is 0 Å². The molecule has 84 valence electrons. The van der Waals surface area contributed by atoms with E-state index in [9.17, 15) is 0 Å². The van der Waals surface area contributed by atoms with Gasteiger partial charge in [-0.25, -0.2) is 9.97 Å². The van der Waals surface area contributed by atoms with Gasteiger partial charge in [0.25, 0.3) is 0 Å². The molecule has 3 rings (SSSR count). The Bertz CT molecular complexity index is 617. The van der Waals surface area contributed by atoms with Crippen LogP contribution in [0.25, 0.3) is 11.0 Å². The SMILES string of the molecule is c1ccc(CCc2ncnc3[nH]ncc23)nc1. The lowest BCUT2D eigenvalue weighted by molar-refractivity contribution is 0.883. The van der Waals surface area contributed by atoms with Gasteiger partial charge in [0.2, 0.25) is 0 Å². The van der Waals surface area contributed by atoms with Gasteiger partial charge in [0, 0.05) is 11.9 Å². The second-order valence-electron chi connectivity index (χ2n) is 3.77. The molecule has 0 unspecified atom stereocenters. The Labute approximate surface area is 98.0 Å². The second-order valence-corrected chi connectivity index (χ2v) is 3.77. The Morgan fingerprint density at radius 1 is 1.06 bits per heavy atom. The molecule has 0 fully saturated rings. The molecule has 3 heterocycles. The van der Waals surface area contributed by atoms with Crippen LogP contribution in [0.15, 0.2) is 36.9 Å². The van der Waals surface area contributed by atoms with Crippen LogP contribution in [0.5, 0.6) is 0 Å². The predicted molar refractivity (Wildman–Crippen MR) is 63.3 cm³/mol. The Morgan fingerprint density at radius 2 is 2.06 bits per heavy atom. The minimum absolute atomic E-state index is 0.788. The Hall–Kier alpha value is -2.30. The van der Waals surface area contributed by atoms with Crippen LogP contribution in [0.4, 0.5) is 0 Å². The van der Waals surface area contributed by atoms with E-state index in [2.05, 4.69) is 25.1 Å². The number of H-pyrrole nitrogens is 1. The van der Waals surface area contributed by atoms with Gasteiger partial charge < -0.3 is 0 Å². The molecule has 0 spiro atoms. The van der Waals surface area contributed by atoms with Crippen molar-refractivity contribution in [3.63, 3.8) is 0 Å². The number of nitrogens with zero attached hydrogens (tertiary/aromatic N) is 4. The van der Waals surface area contributed by atoms with Crippen LogP contribution in [0, 0.1) is 0 Å². The van der Waals surface area contributed by atoms with Crippen molar-refractivity contribution in [2.24, 2.45) is 0 Å². The summed E-state index contributed by atoms with van der Waals surface area (Å²) in [7, 11) is 0. The third-order valence-electron chi connectivity index (χ3n) is 2.67. The van der Waals surface area contributed by atoms with E-state index < -0.39 is 0 Å². The molecule has 17 heavy (non-hydrogen) atoms. The molecule has 0 saturated carbocycles. The maximum absolute atomic E-state index is 4.30. The third-order valence-corrected chi connectivity index (χ3v) is 2.67. The van der Waals surface area contributed by atoms with Crippen LogP contribution in [-0.2, 0) is 12.8 Å². The summed E-state index contributed by atoms with van der Waals surface area (Å²) in [6.07, 6.45) is 6.85. The van der Waals surface area contributed by atoms with Gasteiger partial charge in [0.05, 0.1) is 17.3 Å². The summed E-state index contributed by atoms with van der Waals surface area (Å²) >= 11 is 0. The summed E-state index contributed by atoms with van der Waals surface area (Å²) in [6, 6.07) is 5.94. The zero-order chi connectivity index (χ0) is 11.5. The van der Waals surface area contributed by atoms with Crippen molar-refractivity contribution in [2.75, 3.05) is 0 Å². The zero-order valence-corrected chi connectivity index (χ0v) is 9.17. The summed E-state index contributed by atoms with van der Waals surface area (Å²) in [4.78, 5) is 12.7. The smallest absolute Gasteiger partial charge is 0.158 e. The predicted octanol–water partition coefficient (Wildman–Crippen LogP) is 1.53. The molecule has 0 bridgehead atoms. The van der Waals surface area contributed by atoms with E-state index >= 15 is 0 Å². The highest BCUT2D eigenvalue weighted by atomic mass is 15.1. The molecule has 0 amide bonds.